The molecule has 0 spiro atoms. The maximum Gasteiger partial charge on any atom is 0.227 e. The van der Waals surface area contributed by atoms with E-state index >= 15 is 0 Å². The lowest BCUT2D eigenvalue weighted by molar-refractivity contribution is 0.0155. The zero-order chi connectivity index (χ0) is 23.6. The fourth-order valence-corrected chi connectivity index (χ4v) is 3.64. The van der Waals surface area contributed by atoms with Gasteiger partial charge in [-0.1, -0.05) is 49.4 Å². The molecule has 0 saturated heterocycles. The normalized spacial score (nSPS) is 13.1. The number of hydrogen-bond acceptors (Lipinski definition) is 5. The lowest BCUT2D eigenvalue weighted by Crippen LogP contribution is -2.40. The average Bonchev–Trinajstić information content (AvgIpc) is 3.14. The van der Waals surface area contributed by atoms with Gasteiger partial charge in [0.15, 0.2) is 0 Å². The Morgan fingerprint density at radius 3 is 2.42 bits per heavy atom. The van der Waals surface area contributed by atoms with E-state index in [4.69, 9.17) is 14.6 Å². The molecule has 1 heterocycles. The summed E-state index contributed by atoms with van der Waals surface area (Å²) in [7, 11) is 0. The first kappa shape index (κ1) is 24.7. The largest absolute Gasteiger partial charge is 0.439 e. The number of aromatic nitrogens is 2. The predicted molar refractivity (Wildman–Crippen MR) is 132 cm³/mol. The minimum atomic E-state index is -0.595. The van der Waals surface area contributed by atoms with E-state index in [1.807, 2.05) is 72.3 Å². The highest BCUT2D eigenvalue weighted by Crippen LogP contribution is 2.32. The first-order valence-corrected chi connectivity index (χ1v) is 11.5. The van der Waals surface area contributed by atoms with E-state index in [0.717, 1.165) is 29.1 Å². The molecule has 3 rings (SSSR count). The molecule has 2 atom stereocenters. The van der Waals surface area contributed by atoms with Gasteiger partial charge in [0.2, 0.25) is 5.88 Å². The number of hydrogen-bond donors (Lipinski definition) is 1. The maximum atomic E-state index is 10.6. The second-order valence-electron chi connectivity index (χ2n) is 8.20. The molecule has 33 heavy (non-hydrogen) atoms. The van der Waals surface area contributed by atoms with Gasteiger partial charge in [0.05, 0.1) is 36.3 Å². The van der Waals surface area contributed by atoms with Crippen LogP contribution in [0.3, 0.4) is 0 Å². The zero-order valence-electron chi connectivity index (χ0n) is 19.9. The highest BCUT2D eigenvalue weighted by molar-refractivity contribution is 5.43. The molecule has 0 radical (unpaired) electrons. The van der Waals surface area contributed by atoms with Gasteiger partial charge in [-0.05, 0) is 44.5 Å². The van der Waals surface area contributed by atoms with E-state index in [-0.39, 0.29) is 12.6 Å². The maximum absolute atomic E-state index is 10.6. The molecule has 0 bridgehead atoms. The topological polar surface area (TPSA) is 59.8 Å². The smallest absolute Gasteiger partial charge is 0.227 e. The molecule has 0 aliphatic heterocycles. The number of para-hydroxylation sites is 2. The van der Waals surface area contributed by atoms with Crippen molar-refractivity contribution in [3.8, 4) is 17.3 Å². The van der Waals surface area contributed by atoms with Gasteiger partial charge >= 0.3 is 0 Å². The van der Waals surface area contributed by atoms with E-state index in [2.05, 4.69) is 25.3 Å². The number of aryl methyl sites for hydroxylation is 1. The van der Waals surface area contributed by atoms with Crippen LogP contribution in [0.15, 0.2) is 73.3 Å². The second-order valence-corrected chi connectivity index (χ2v) is 8.20. The van der Waals surface area contributed by atoms with Crippen molar-refractivity contribution in [3.05, 3.63) is 84.6 Å². The first-order valence-electron chi connectivity index (χ1n) is 11.5. The van der Waals surface area contributed by atoms with Gasteiger partial charge in [-0.3, -0.25) is 4.90 Å². The lowest BCUT2D eigenvalue weighted by Gasteiger charge is -2.30. The van der Waals surface area contributed by atoms with Crippen molar-refractivity contribution in [1.82, 2.24) is 14.7 Å². The predicted octanol–water partition coefficient (Wildman–Crippen LogP) is 5.14. The van der Waals surface area contributed by atoms with Crippen molar-refractivity contribution in [2.24, 2.45) is 0 Å². The molecule has 1 aromatic heterocycles. The SMILES string of the molecule is C=CCOC[C@@H](O)CN(Cc1c(C)nn(-c2ccccc2)c1Oc1ccccc1)[C@H](C)CC. The Kier molecular flexibility index (Phi) is 9.24. The molecule has 0 aliphatic rings. The molecule has 0 saturated carbocycles. The summed E-state index contributed by atoms with van der Waals surface area (Å²) in [5, 5.41) is 15.4. The Bertz CT molecular complexity index is 989. The minimum Gasteiger partial charge on any atom is -0.439 e. The first-order chi connectivity index (χ1) is 16.0. The molecule has 3 aromatic rings. The van der Waals surface area contributed by atoms with Crippen molar-refractivity contribution in [2.45, 2.75) is 45.9 Å². The Morgan fingerprint density at radius 2 is 1.79 bits per heavy atom. The summed E-state index contributed by atoms with van der Waals surface area (Å²) in [5.74, 6) is 1.44. The monoisotopic (exact) mass is 449 g/mol. The van der Waals surface area contributed by atoms with E-state index in [0.29, 0.717) is 25.6 Å². The quantitative estimate of drug-likeness (QED) is 0.289. The summed E-state index contributed by atoms with van der Waals surface area (Å²) in [6.45, 7) is 11.8. The molecule has 2 aromatic carbocycles. The number of aliphatic hydroxyl groups is 1. The van der Waals surface area contributed by atoms with Gasteiger partial charge in [0, 0.05) is 19.1 Å². The summed E-state index contributed by atoms with van der Waals surface area (Å²) in [5.41, 5.74) is 2.84. The van der Waals surface area contributed by atoms with Crippen LogP contribution < -0.4 is 4.74 Å². The van der Waals surface area contributed by atoms with E-state index in [1.165, 1.54) is 0 Å². The summed E-state index contributed by atoms with van der Waals surface area (Å²) >= 11 is 0. The second kappa shape index (κ2) is 12.3. The fourth-order valence-electron chi connectivity index (χ4n) is 3.64. The van der Waals surface area contributed by atoms with Crippen LogP contribution >= 0.6 is 0 Å². The molecule has 0 fully saturated rings. The van der Waals surface area contributed by atoms with Crippen LogP contribution in [0.4, 0.5) is 0 Å². The van der Waals surface area contributed by atoms with Crippen LogP contribution in [0.1, 0.15) is 31.5 Å². The molecule has 0 aliphatic carbocycles. The summed E-state index contributed by atoms with van der Waals surface area (Å²) in [6.07, 6.45) is 2.05. The Morgan fingerprint density at radius 1 is 1.12 bits per heavy atom. The lowest BCUT2D eigenvalue weighted by atomic mass is 10.1. The Balaban J connectivity index is 1.93. The Labute approximate surface area is 197 Å². The molecule has 0 unspecified atom stereocenters. The van der Waals surface area contributed by atoms with Gasteiger partial charge in [0.25, 0.3) is 0 Å². The minimum absolute atomic E-state index is 0.267. The van der Waals surface area contributed by atoms with Crippen molar-refractivity contribution < 1.29 is 14.6 Å². The van der Waals surface area contributed by atoms with Crippen LogP contribution in [-0.4, -0.2) is 51.7 Å². The van der Waals surface area contributed by atoms with Crippen LogP contribution in [0, 0.1) is 6.92 Å². The summed E-state index contributed by atoms with van der Waals surface area (Å²) in [4.78, 5) is 2.26. The highest BCUT2D eigenvalue weighted by Gasteiger charge is 2.24. The molecule has 6 heteroatoms. The van der Waals surface area contributed by atoms with Crippen LogP contribution in [0.5, 0.6) is 11.6 Å². The molecular weight excluding hydrogens is 414 g/mol. The standard InChI is InChI=1S/C27H35N3O3/c1-5-17-32-20-24(31)18-29(21(3)6-2)19-26-22(4)28-30(23-13-9-7-10-14-23)27(26)33-25-15-11-8-12-16-25/h5,7-16,21,24,31H,1,6,17-20H2,2-4H3/t21-,24+/m1/s1. The van der Waals surface area contributed by atoms with E-state index in [9.17, 15) is 5.11 Å². The average molecular weight is 450 g/mol. The summed E-state index contributed by atoms with van der Waals surface area (Å²) in [6, 6.07) is 20.0. The summed E-state index contributed by atoms with van der Waals surface area (Å²) < 4.78 is 13.7. The van der Waals surface area contributed by atoms with Gasteiger partial charge in [-0.25, -0.2) is 4.68 Å². The van der Waals surface area contributed by atoms with Crippen LogP contribution in [0.25, 0.3) is 5.69 Å². The van der Waals surface area contributed by atoms with Crippen molar-refractivity contribution in [1.29, 1.82) is 0 Å². The van der Waals surface area contributed by atoms with Crippen molar-refractivity contribution in [3.63, 3.8) is 0 Å². The third kappa shape index (κ3) is 6.78. The molecular formula is C27H35N3O3. The molecule has 1 N–H and O–H groups in total. The number of nitrogens with zero attached hydrogens (tertiary/aromatic N) is 3. The Hall–Kier alpha value is -2.93. The zero-order valence-corrected chi connectivity index (χ0v) is 19.9. The van der Waals surface area contributed by atoms with Gasteiger partial charge in [0.1, 0.15) is 5.75 Å². The molecule has 0 amide bonds. The number of aliphatic hydroxyl groups excluding tert-OH is 1. The van der Waals surface area contributed by atoms with Crippen LogP contribution in [0.2, 0.25) is 0 Å². The number of rotatable bonds is 13. The number of benzene rings is 2. The number of ether oxygens (including phenoxy) is 2. The fraction of sp³-hybridized carbons (Fsp3) is 0.370. The molecule has 6 nitrogen and oxygen atoms in total. The van der Waals surface area contributed by atoms with Gasteiger partial charge < -0.3 is 14.6 Å². The van der Waals surface area contributed by atoms with Gasteiger partial charge in [-0.2, -0.15) is 5.10 Å². The third-order valence-corrected chi connectivity index (χ3v) is 5.66. The van der Waals surface area contributed by atoms with Crippen molar-refractivity contribution >= 4 is 0 Å². The van der Waals surface area contributed by atoms with Gasteiger partial charge in [-0.15, -0.1) is 6.58 Å². The van der Waals surface area contributed by atoms with E-state index in [1.54, 1.807) is 6.08 Å². The third-order valence-electron chi connectivity index (χ3n) is 5.66. The molecule has 176 valence electrons. The van der Waals surface area contributed by atoms with Crippen LogP contribution in [-0.2, 0) is 11.3 Å². The highest BCUT2D eigenvalue weighted by atomic mass is 16.5. The van der Waals surface area contributed by atoms with Crippen molar-refractivity contribution in [2.75, 3.05) is 19.8 Å². The van der Waals surface area contributed by atoms with E-state index < -0.39 is 6.10 Å².